The lowest BCUT2D eigenvalue weighted by atomic mass is 10.1. The third-order valence-electron chi connectivity index (χ3n) is 4.04. The number of nitrogens with zero attached hydrogens (tertiary/aromatic N) is 1. The van der Waals surface area contributed by atoms with E-state index in [-0.39, 0.29) is 5.63 Å². The normalized spacial score (nSPS) is 11.2. The SMILES string of the molecule is COc1ccc(CN(C)Cc2cc(=O)oc3ccc(C)cc23)cc1. The van der Waals surface area contributed by atoms with E-state index in [4.69, 9.17) is 9.15 Å². The molecule has 0 N–H and O–H groups in total. The predicted octanol–water partition coefficient (Wildman–Crippen LogP) is 3.74. The molecule has 0 aliphatic heterocycles. The van der Waals surface area contributed by atoms with Crippen LogP contribution in [0, 0.1) is 6.92 Å². The Morgan fingerprint density at radius 2 is 1.79 bits per heavy atom. The average Bonchev–Trinajstić information content (AvgIpc) is 2.56. The van der Waals surface area contributed by atoms with Gasteiger partial charge < -0.3 is 9.15 Å². The first-order chi connectivity index (χ1) is 11.5. The lowest BCUT2D eigenvalue weighted by Crippen LogP contribution is -2.18. The Morgan fingerprint density at radius 3 is 2.50 bits per heavy atom. The van der Waals surface area contributed by atoms with Gasteiger partial charge >= 0.3 is 5.63 Å². The van der Waals surface area contributed by atoms with E-state index in [1.807, 2.05) is 38.2 Å². The fourth-order valence-electron chi connectivity index (χ4n) is 2.86. The summed E-state index contributed by atoms with van der Waals surface area (Å²) in [5.74, 6) is 0.850. The van der Waals surface area contributed by atoms with Crippen LogP contribution in [0.1, 0.15) is 16.7 Å². The van der Waals surface area contributed by atoms with Gasteiger partial charge in [0.25, 0.3) is 0 Å². The summed E-state index contributed by atoms with van der Waals surface area (Å²) >= 11 is 0. The molecule has 4 nitrogen and oxygen atoms in total. The zero-order valence-electron chi connectivity index (χ0n) is 14.2. The van der Waals surface area contributed by atoms with Gasteiger partial charge in [-0.3, -0.25) is 4.90 Å². The number of ether oxygens (including phenoxy) is 1. The molecule has 3 rings (SSSR count). The molecule has 0 bridgehead atoms. The van der Waals surface area contributed by atoms with Crippen LogP contribution in [0.2, 0.25) is 0 Å². The lowest BCUT2D eigenvalue weighted by Gasteiger charge is -2.18. The van der Waals surface area contributed by atoms with Crippen LogP contribution in [0.15, 0.2) is 57.7 Å². The van der Waals surface area contributed by atoms with Crippen LogP contribution in [0.5, 0.6) is 5.75 Å². The highest BCUT2D eigenvalue weighted by Gasteiger charge is 2.09. The van der Waals surface area contributed by atoms with E-state index in [1.165, 1.54) is 5.56 Å². The number of methoxy groups -OCH3 is 1. The minimum Gasteiger partial charge on any atom is -0.497 e. The third kappa shape index (κ3) is 3.66. The highest BCUT2D eigenvalue weighted by atomic mass is 16.5. The maximum absolute atomic E-state index is 11.8. The van der Waals surface area contributed by atoms with Crippen LogP contribution in [0.4, 0.5) is 0 Å². The Kier molecular flexibility index (Phi) is 4.67. The number of hydrogen-bond acceptors (Lipinski definition) is 4. The zero-order valence-corrected chi connectivity index (χ0v) is 14.2. The highest BCUT2D eigenvalue weighted by Crippen LogP contribution is 2.20. The molecular weight excluding hydrogens is 302 g/mol. The van der Waals surface area contributed by atoms with Crippen molar-refractivity contribution in [2.75, 3.05) is 14.2 Å². The van der Waals surface area contributed by atoms with Crippen LogP contribution in [0.25, 0.3) is 11.0 Å². The van der Waals surface area contributed by atoms with Gasteiger partial charge in [0, 0.05) is 24.5 Å². The Bertz CT molecular complexity index is 897. The molecule has 0 aliphatic carbocycles. The van der Waals surface area contributed by atoms with Crippen molar-refractivity contribution in [3.05, 3.63) is 75.6 Å². The summed E-state index contributed by atoms with van der Waals surface area (Å²) in [5, 5.41) is 0.996. The van der Waals surface area contributed by atoms with Crippen molar-refractivity contribution in [3.8, 4) is 5.75 Å². The van der Waals surface area contributed by atoms with Gasteiger partial charge in [0.15, 0.2) is 0 Å². The van der Waals surface area contributed by atoms with Gasteiger partial charge in [-0.15, -0.1) is 0 Å². The van der Waals surface area contributed by atoms with Crippen LogP contribution in [0.3, 0.4) is 0 Å². The number of aryl methyl sites for hydroxylation is 1. The second kappa shape index (κ2) is 6.89. The molecule has 0 saturated carbocycles. The smallest absolute Gasteiger partial charge is 0.336 e. The Balaban J connectivity index is 1.83. The summed E-state index contributed by atoms with van der Waals surface area (Å²) in [6.07, 6.45) is 0. The molecule has 1 aromatic heterocycles. The standard InChI is InChI=1S/C20H21NO3/c1-14-4-9-19-18(10-14)16(11-20(22)24-19)13-21(2)12-15-5-7-17(23-3)8-6-15/h4-11H,12-13H2,1-3H3. The van der Waals surface area contributed by atoms with E-state index >= 15 is 0 Å². The summed E-state index contributed by atoms with van der Waals surface area (Å²) in [6, 6.07) is 15.5. The zero-order chi connectivity index (χ0) is 17.1. The maximum atomic E-state index is 11.8. The molecule has 4 heteroatoms. The minimum absolute atomic E-state index is 0.306. The fourth-order valence-corrected chi connectivity index (χ4v) is 2.86. The van der Waals surface area contributed by atoms with Gasteiger partial charge in [-0.2, -0.15) is 0 Å². The van der Waals surface area contributed by atoms with Gasteiger partial charge in [-0.05, 0) is 49.4 Å². The first-order valence-corrected chi connectivity index (χ1v) is 7.90. The van der Waals surface area contributed by atoms with E-state index in [0.29, 0.717) is 12.1 Å². The highest BCUT2D eigenvalue weighted by molar-refractivity contribution is 5.80. The molecule has 1 heterocycles. The Labute approximate surface area is 141 Å². The molecule has 0 unspecified atom stereocenters. The molecule has 24 heavy (non-hydrogen) atoms. The van der Waals surface area contributed by atoms with Crippen molar-refractivity contribution in [1.82, 2.24) is 4.90 Å². The van der Waals surface area contributed by atoms with Gasteiger partial charge in [-0.1, -0.05) is 23.8 Å². The summed E-state index contributed by atoms with van der Waals surface area (Å²) in [5.41, 5.74) is 3.67. The van der Waals surface area contributed by atoms with Crippen molar-refractivity contribution >= 4 is 11.0 Å². The van der Waals surface area contributed by atoms with Crippen LogP contribution in [-0.4, -0.2) is 19.1 Å². The quantitative estimate of drug-likeness (QED) is 0.671. The first kappa shape index (κ1) is 16.3. The largest absolute Gasteiger partial charge is 0.497 e. The van der Waals surface area contributed by atoms with Crippen LogP contribution in [-0.2, 0) is 13.1 Å². The van der Waals surface area contributed by atoms with E-state index in [2.05, 4.69) is 23.1 Å². The second-order valence-electron chi connectivity index (χ2n) is 6.11. The third-order valence-corrected chi connectivity index (χ3v) is 4.04. The Hall–Kier alpha value is -2.59. The molecule has 0 saturated heterocycles. The van der Waals surface area contributed by atoms with Gasteiger partial charge in [0.05, 0.1) is 7.11 Å². The molecule has 2 aromatic carbocycles. The Morgan fingerprint density at radius 1 is 1.04 bits per heavy atom. The van der Waals surface area contributed by atoms with Crippen LogP contribution < -0.4 is 10.4 Å². The van der Waals surface area contributed by atoms with Crippen molar-refractivity contribution in [1.29, 1.82) is 0 Å². The second-order valence-corrected chi connectivity index (χ2v) is 6.11. The molecule has 0 amide bonds. The lowest BCUT2D eigenvalue weighted by molar-refractivity contribution is 0.319. The monoisotopic (exact) mass is 323 g/mol. The minimum atomic E-state index is -0.306. The molecule has 0 radical (unpaired) electrons. The predicted molar refractivity (Wildman–Crippen MR) is 95.4 cm³/mol. The van der Waals surface area contributed by atoms with E-state index in [0.717, 1.165) is 28.8 Å². The fraction of sp³-hybridized carbons (Fsp3) is 0.250. The maximum Gasteiger partial charge on any atom is 0.336 e. The molecule has 0 fully saturated rings. The molecule has 3 aromatic rings. The van der Waals surface area contributed by atoms with E-state index in [9.17, 15) is 4.79 Å². The summed E-state index contributed by atoms with van der Waals surface area (Å²) in [7, 11) is 3.70. The summed E-state index contributed by atoms with van der Waals surface area (Å²) in [4.78, 5) is 14.0. The van der Waals surface area contributed by atoms with Gasteiger partial charge in [-0.25, -0.2) is 4.79 Å². The van der Waals surface area contributed by atoms with Crippen molar-refractivity contribution in [3.63, 3.8) is 0 Å². The number of fused-ring (bicyclic) bond motifs is 1. The molecule has 0 atom stereocenters. The summed E-state index contributed by atoms with van der Waals surface area (Å²) < 4.78 is 10.5. The van der Waals surface area contributed by atoms with Crippen molar-refractivity contribution in [2.24, 2.45) is 0 Å². The molecule has 0 aliphatic rings. The molecule has 124 valence electrons. The molecular formula is C20H21NO3. The number of hydrogen-bond donors (Lipinski definition) is 0. The first-order valence-electron chi connectivity index (χ1n) is 7.90. The summed E-state index contributed by atoms with van der Waals surface area (Å²) in [6.45, 7) is 3.50. The topological polar surface area (TPSA) is 42.7 Å². The molecule has 0 spiro atoms. The number of rotatable bonds is 5. The van der Waals surface area contributed by atoms with Crippen LogP contribution >= 0.6 is 0 Å². The van der Waals surface area contributed by atoms with E-state index in [1.54, 1.807) is 13.2 Å². The number of benzene rings is 2. The van der Waals surface area contributed by atoms with Gasteiger partial charge in [0.1, 0.15) is 11.3 Å². The van der Waals surface area contributed by atoms with Crippen molar-refractivity contribution in [2.45, 2.75) is 20.0 Å². The van der Waals surface area contributed by atoms with E-state index < -0.39 is 0 Å². The average molecular weight is 323 g/mol. The van der Waals surface area contributed by atoms with Crippen molar-refractivity contribution < 1.29 is 9.15 Å². The van der Waals surface area contributed by atoms with Gasteiger partial charge in [0.2, 0.25) is 0 Å².